The lowest BCUT2D eigenvalue weighted by molar-refractivity contribution is -0.117. The molecule has 1 aliphatic rings. The molecule has 0 spiro atoms. The summed E-state index contributed by atoms with van der Waals surface area (Å²) in [5.74, 6) is 1.05. The lowest BCUT2D eigenvalue weighted by Crippen LogP contribution is -2.27. The molecule has 1 aliphatic heterocycles. The molecule has 1 unspecified atom stereocenters. The second-order valence-electron chi connectivity index (χ2n) is 4.84. The van der Waals surface area contributed by atoms with E-state index in [0.717, 1.165) is 28.0 Å². The van der Waals surface area contributed by atoms with E-state index in [9.17, 15) is 4.79 Å². The van der Waals surface area contributed by atoms with Crippen LogP contribution in [-0.2, 0) is 4.79 Å². The summed E-state index contributed by atoms with van der Waals surface area (Å²) in [5.41, 5.74) is 2.60. The lowest BCUT2D eigenvalue weighted by atomic mass is 10.1. The van der Waals surface area contributed by atoms with Crippen molar-refractivity contribution in [1.82, 2.24) is 15.5 Å². The zero-order chi connectivity index (χ0) is 15.0. The third-order valence-electron chi connectivity index (χ3n) is 3.24. The Kier molecular flexibility index (Phi) is 3.69. The topological polar surface area (TPSA) is 79.0 Å². The average Bonchev–Trinajstić information content (AvgIpc) is 2.96. The largest absolute Gasteiger partial charge is 0.436 e. The second-order valence-corrected chi connectivity index (χ2v) is 5.70. The van der Waals surface area contributed by atoms with Gasteiger partial charge in [-0.05, 0) is 35.5 Å². The number of aromatic amines is 1. The van der Waals surface area contributed by atoms with Crippen molar-refractivity contribution in [2.24, 2.45) is 0 Å². The van der Waals surface area contributed by atoms with Crippen LogP contribution in [0.5, 0.6) is 11.6 Å². The van der Waals surface area contributed by atoms with Crippen LogP contribution in [0.2, 0.25) is 0 Å². The predicted molar refractivity (Wildman–Crippen MR) is 82.6 cm³/mol. The number of carbonyl (C=O) groups is 1. The Balaban J connectivity index is 1.92. The van der Waals surface area contributed by atoms with Crippen LogP contribution in [0.1, 0.15) is 24.2 Å². The third-order valence-corrected chi connectivity index (χ3v) is 3.86. The maximum atomic E-state index is 12.0. The minimum atomic E-state index is -0.317. The Morgan fingerprint density at radius 2 is 2.24 bits per heavy atom. The van der Waals surface area contributed by atoms with Gasteiger partial charge < -0.3 is 15.4 Å². The fourth-order valence-corrected chi connectivity index (χ4v) is 2.75. The van der Waals surface area contributed by atoms with Crippen molar-refractivity contribution < 1.29 is 9.53 Å². The number of nitrogens with one attached hydrogen (secondary N) is 3. The molecule has 0 saturated carbocycles. The summed E-state index contributed by atoms with van der Waals surface area (Å²) in [5, 5.41) is 12.9. The highest BCUT2D eigenvalue weighted by molar-refractivity contribution is 9.10. The molecule has 0 saturated heterocycles. The third kappa shape index (κ3) is 2.66. The number of fused-ring (bicyclic) bond motifs is 1. The summed E-state index contributed by atoms with van der Waals surface area (Å²) in [4.78, 5) is 12.0. The number of hydrogen-bond donors (Lipinski definition) is 3. The van der Waals surface area contributed by atoms with Gasteiger partial charge >= 0.3 is 0 Å². The van der Waals surface area contributed by atoms with Gasteiger partial charge in [0.1, 0.15) is 11.8 Å². The number of ether oxygens (including phenoxy) is 1. The molecule has 2 heterocycles. The van der Waals surface area contributed by atoms with Crippen LogP contribution in [0, 0.1) is 6.92 Å². The number of benzene rings is 1. The fourth-order valence-electron chi connectivity index (χ4n) is 2.30. The van der Waals surface area contributed by atoms with Crippen molar-refractivity contribution in [3.63, 3.8) is 0 Å². The van der Waals surface area contributed by atoms with Crippen LogP contribution in [0.3, 0.4) is 0 Å². The first kappa shape index (κ1) is 14.1. The first-order chi connectivity index (χ1) is 10.1. The highest BCUT2D eigenvalue weighted by Gasteiger charge is 2.31. The number of halogens is 1. The van der Waals surface area contributed by atoms with E-state index in [1.165, 1.54) is 0 Å². The Morgan fingerprint density at radius 1 is 1.43 bits per heavy atom. The molecule has 3 N–H and O–H groups in total. The van der Waals surface area contributed by atoms with Gasteiger partial charge in [0, 0.05) is 29.1 Å². The summed E-state index contributed by atoms with van der Waals surface area (Å²) in [6.07, 6.45) is 0. The fraction of sp³-hybridized carbons (Fsp3) is 0.286. The molecule has 3 rings (SSSR count). The van der Waals surface area contributed by atoms with Crippen molar-refractivity contribution in [3.05, 3.63) is 33.9 Å². The molecule has 0 radical (unpaired) electrons. The van der Waals surface area contributed by atoms with Crippen molar-refractivity contribution in [1.29, 1.82) is 0 Å². The number of hydrogen-bond acceptors (Lipinski definition) is 4. The molecule has 7 heteroatoms. The molecule has 0 aliphatic carbocycles. The first-order valence-electron chi connectivity index (χ1n) is 6.66. The number of aromatic nitrogens is 2. The van der Waals surface area contributed by atoms with Crippen LogP contribution in [-0.4, -0.2) is 22.6 Å². The van der Waals surface area contributed by atoms with Crippen LogP contribution in [0.25, 0.3) is 0 Å². The summed E-state index contributed by atoms with van der Waals surface area (Å²) in [7, 11) is 0. The van der Waals surface area contributed by atoms with Crippen molar-refractivity contribution in [3.8, 4) is 11.6 Å². The van der Waals surface area contributed by atoms with E-state index in [2.05, 4.69) is 36.8 Å². The number of nitrogens with zero attached hydrogens (tertiary/aromatic N) is 1. The maximum Gasteiger partial charge on any atom is 0.246 e. The van der Waals surface area contributed by atoms with Crippen LogP contribution < -0.4 is 15.4 Å². The van der Waals surface area contributed by atoms with Gasteiger partial charge in [0.25, 0.3) is 0 Å². The Morgan fingerprint density at radius 3 is 2.90 bits per heavy atom. The van der Waals surface area contributed by atoms with Crippen molar-refractivity contribution >= 4 is 27.5 Å². The lowest BCUT2D eigenvalue weighted by Gasteiger charge is -2.11. The minimum Gasteiger partial charge on any atom is -0.436 e. The van der Waals surface area contributed by atoms with Crippen LogP contribution >= 0.6 is 15.9 Å². The quantitative estimate of drug-likeness (QED) is 0.792. The predicted octanol–water partition coefficient (Wildman–Crippen LogP) is 2.88. The van der Waals surface area contributed by atoms with Gasteiger partial charge in [-0.1, -0.05) is 6.92 Å². The second kappa shape index (κ2) is 5.50. The molecular weight excluding hydrogens is 336 g/mol. The van der Waals surface area contributed by atoms with Gasteiger partial charge in [0.15, 0.2) is 0 Å². The van der Waals surface area contributed by atoms with E-state index in [0.29, 0.717) is 11.6 Å². The number of carbonyl (C=O) groups excluding carboxylic acids is 1. The van der Waals surface area contributed by atoms with Crippen LogP contribution in [0.15, 0.2) is 22.7 Å². The van der Waals surface area contributed by atoms with Gasteiger partial charge in [-0.25, -0.2) is 0 Å². The summed E-state index contributed by atoms with van der Waals surface area (Å²) < 4.78 is 6.50. The van der Waals surface area contributed by atoms with E-state index in [1.807, 2.05) is 19.9 Å². The summed E-state index contributed by atoms with van der Waals surface area (Å²) >= 11 is 3.48. The highest BCUT2D eigenvalue weighted by atomic mass is 79.9. The number of amides is 1. The molecule has 21 heavy (non-hydrogen) atoms. The smallest absolute Gasteiger partial charge is 0.246 e. The molecule has 1 aromatic carbocycles. The standard InChI is InChI=1S/C14H15BrN4O2/c1-3-16-13-8-5-9(15)11(6-10(8)17-14(13)20)21-12-4-7(2)18-19-12/h4-6,13,16H,3H2,1-2H3,(H,17,20)(H,18,19). The Labute approximate surface area is 130 Å². The van der Waals surface area contributed by atoms with E-state index in [-0.39, 0.29) is 11.9 Å². The zero-order valence-electron chi connectivity index (χ0n) is 11.7. The van der Waals surface area contributed by atoms with E-state index >= 15 is 0 Å². The summed E-state index contributed by atoms with van der Waals surface area (Å²) in [6, 6.07) is 5.19. The number of likely N-dealkylation sites (N-methyl/N-ethyl adjacent to an activating group) is 1. The van der Waals surface area contributed by atoms with Gasteiger partial charge in [0.05, 0.1) is 4.47 Å². The summed E-state index contributed by atoms with van der Waals surface area (Å²) in [6.45, 7) is 4.59. The Hall–Kier alpha value is -1.86. The number of aryl methyl sites for hydroxylation is 1. The van der Waals surface area contributed by atoms with Crippen molar-refractivity contribution in [2.75, 3.05) is 11.9 Å². The van der Waals surface area contributed by atoms with E-state index in [1.54, 1.807) is 12.1 Å². The molecule has 1 amide bonds. The zero-order valence-corrected chi connectivity index (χ0v) is 13.2. The monoisotopic (exact) mass is 350 g/mol. The van der Waals surface area contributed by atoms with Crippen molar-refractivity contribution in [2.45, 2.75) is 19.9 Å². The molecule has 2 aromatic rings. The molecule has 0 bridgehead atoms. The van der Waals surface area contributed by atoms with Gasteiger partial charge in [-0.3, -0.25) is 9.89 Å². The highest BCUT2D eigenvalue weighted by Crippen LogP contribution is 2.40. The molecular formula is C14H15BrN4O2. The van der Waals surface area contributed by atoms with Gasteiger partial charge in [0.2, 0.25) is 11.8 Å². The van der Waals surface area contributed by atoms with Gasteiger partial charge in [-0.15, -0.1) is 5.10 Å². The minimum absolute atomic E-state index is 0.0495. The molecule has 6 nitrogen and oxygen atoms in total. The number of H-pyrrole nitrogens is 1. The maximum absolute atomic E-state index is 12.0. The van der Waals surface area contributed by atoms with E-state index in [4.69, 9.17) is 4.74 Å². The molecule has 0 fully saturated rings. The average molecular weight is 351 g/mol. The first-order valence-corrected chi connectivity index (χ1v) is 7.45. The molecule has 110 valence electrons. The van der Waals surface area contributed by atoms with Crippen LogP contribution in [0.4, 0.5) is 5.69 Å². The normalized spacial score (nSPS) is 16.7. The van der Waals surface area contributed by atoms with E-state index < -0.39 is 0 Å². The number of rotatable bonds is 4. The molecule has 1 aromatic heterocycles. The Bertz CT molecular complexity index is 698. The van der Waals surface area contributed by atoms with Gasteiger partial charge in [-0.2, -0.15) is 0 Å². The SMILES string of the molecule is CCNC1C(=O)Nc2cc(Oc3cc(C)[nH]n3)c(Br)cc21. The molecule has 1 atom stereocenters. The number of anilines is 1.